The maximum atomic E-state index is 12.9. The van der Waals surface area contributed by atoms with Gasteiger partial charge in [-0.2, -0.15) is 0 Å². The summed E-state index contributed by atoms with van der Waals surface area (Å²) in [7, 11) is 5.93. The first-order chi connectivity index (χ1) is 36.6. The zero-order valence-corrected chi connectivity index (χ0v) is 50.4. The molecule has 0 rings (SSSR count). The van der Waals surface area contributed by atoms with E-state index in [1.165, 1.54) is 238 Å². The molecular weight excluding hydrogens is 935 g/mol. The van der Waals surface area contributed by atoms with Gasteiger partial charge >= 0.3 is 11.9 Å². The highest BCUT2D eigenvalue weighted by atomic mass is 16.7. The molecule has 0 fully saturated rings. The molecule has 0 radical (unpaired) electrons. The van der Waals surface area contributed by atoms with Gasteiger partial charge < -0.3 is 33.3 Å². The van der Waals surface area contributed by atoms with Gasteiger partial charge in [-0.25, -0.2) is 0 Å². The van der Waals surface area contributed by atoms with Gasteiger partial charge in [0.15, 0.2) is 12.4 Å². The minimum Gasteiger partial charge on any atom is -0.545 e. The van der Waals surface area contributed by atoms with Crippen LogP contribution in [0.2, 0.25) is 0 Å². The molecule has 0 saturated heterocycles. The van der Waals surface area contributed by atoms with Gasteiger partial charge in [0.1, 0.15) is 13.2 Å². The number of ether oxygens (including phenoxy) is 4. The van der Waals surface area contributed by atoms with Crippen LogP contribution in [0.1, 0.15) is 322 Å². The molecule has 0 bridgehead atoms. The van der Waals surface area contributed by atoms with E-state index in [-0.39, 0.29) is 38.6 Å². The Hall–Kier alpha value is -2.23. The van der Waals surface area contributed by atoms with E-state index in [1.807, 2.05) is 21.1 Å². The van der Waals surface area contributed by atoms with Gasteiger partial charge in [-0.3, -0.25) is 9.59 Å². The number of carboxylic acids is 1. The Labute approximate surface area is 465 Å². The third-order valence-electron chi connectivity index (χ3n) is 14.7. The SMILES string of the molecule is CCCCCC/C=C\CCCCCCCC(=O)OCC(COC(OCC[N+](C)(C)C)C(=O)[O-])OC(=O)CCCCCCCCCCCCCCCCCCCCCCCCCCC/C=C\CCCCCCCCCC. The molecule has 0 heterocycles. The average molecular weight is 1060 g/mol. The van der Waals surface area contributed by atoms with Crippen LogP contribution in [0.4, 0.5) is 0 Å². The van der Waals surface area contributed by atoms with E-state index in [9.17, 15) is 19.5 Å². The van der Waals surface area contributed by atoms with E-state index < -0.39 is 24.3 Å². The van der Waals surface area contributed by atoms with Crippen LogP contribution in [0.3, 0.4) is 0 Å². The molecule has 0 amide bonds. The van der Waals surface area contributed by atoms with Gasteiger partial charge in [0.25, 0.3) is 0 Å². The molecule has 75 heavy (non-hydrogen) atoms. The first-order valence-electron chi connectivity index (χ1n) is 32.5. The number of likely N-dealkylation sites (N-methyl/N-ethyl adjacent to an activating group) is 1. The van der Waals surface area contributed by atoms with Gasteiger partial charge in [0, 0.05) is 12.8 Å². The van der Waals surface area contributed by atoms with E-state index in [0.717, 1.165) is 57.8 Å². The molecule has 0 spiro atoms. The molecule has 442 valence electrons. The largest absolute Gasteiger partial charge is 0.545 e. The van der Waals surface area contributed by atoms with Crippen molar-refractivity contribution in [2.45, 2.75) is 334 Å². The Morgan fingerprint density at radius 3 is 1.00 bits per heavy atom. The minimum atomic E-state index is -1.62. The number of allylic oxidation sites excluding steroid dienone is 4. The van der Waals surface area contributed by atoms with Crippen LogP contribution in [0.5, 0.6) is 0 Å². The fraction of sp³-hybridized carbons (Fsp3) is 0.894. The number of hydrogen-bond acceptors (Lipinski definition) is 8. The molecule has 0 N–H and O–H groups in total. The lowest BCUT2D eigenvalue weighted by Crippen LogP contribution is -2.44. The number of carboxylic acid groups (broad SMARTS) is 1. The van der Waals surface area contributed by atoms with Crippen LogP contribution in [-0.2, 0) is 33.3 Å². The van der Waals surface area contributed by atoms with Crippen molar-refractivity contribution in [3.63, 3.8) is 0 Å². The molecule has 0 aliphatic carbocycles. The third-order valence-corrected chi connectivity index (χ3v) is 14.7. The highest BCUT2D eigenvalue weighted by Gasteiger charge is 2.22. The molecule has 9 heteroatoms. The van der Waals surface area contributed by atoms with E-state index in [2.05, 4.69) is 38.2 Å². The summed E-state index contributed by atoms with van der Waals surface area (Å²) >= 11 is 0. The maximum Gasteiger partial charge on any atom is 0.306 e. The van der Waals surface area contributed by atoms with Crippen LogP contribution in [0.15, 0.2) is 24.3 Å². The highest BCUT2D eigenvalue weighted by Crippen LogP contribution is 2.18. The zero-order chi connectivity index (χ0) is 54.8. The molecule has 0 aliphatic rings. The first-order valence-corrected chi connectivity index (χ1v) is 32.5. The van der Waals surface area contributed by atoms with Crippen molar-refractivity contribution < 1.29 is 42.9 Å². The van der Waals surface area contributed by atoms with E-state index >= 15 is 0 Å². The van der Waals surface area contributed by atoms with Crippen molar-refractivity contribution in [2.24, 2.45) is 0 Å². The molecule has 2 atom stereocenters. The van der Waals surface area contributed by atoms with Crippen molar-refractivity contribution in [3.05, 3.63) is 24.3 Å². The molecular formula is C66H125NO8. The lowest BCUT2D eigenvalue weighted by Gasteiger charge is -2.26. The third kappa shape index (κ3) is 59.3. The predicted molar refractivity (Wildman–Crippen MR) is 316 cm³/mol. The van der Waals surface area contributed by atoms with Gasteiger partial charge in [-0.15, -0.1) is 0 Å². The van der Waals surface area contributed by atoms with Crippen LogP contribution in [-0.4, -0.2) is 82.3 Å². The Kier molecular flexibility index (Phi) is 56.2. The van der Waals surface area contributed by atoms with Crippen LogP contribution in [0.25, 0.3) is 0 Å². The summed E-state index contributed by atoms with van der Waals surface area (Å²) in [5.41, 5.74) is 0. The van der Waals surface area contributed by atoms with E-state index in [1.54, 1.807) is 0 Å². The molecule has 2 unspecified atom stereocenters. The summed E-state index contributed by atoms with van der Waals surface area (Å²) in [6.07, 6.45) is 67.1. The number of esters is 2. The number of aliphatic carboxylic acids is 1. The number of quaternary nitrogens is 1. The first kappa shape index (κ1) is 72.8. The van der Waals surface area contributed by atoms with Crippen LogP contribution in [0, 0.1) is 0 Å². The van der Waals surface area contributed by atoms with Gasteiger partial charge in [-0.1, -0.05) is 269 Å². The van der Waals surface area contributed by atoms with Gasteiger partial charge in [0.2, 0.25) is 0 Å². The van der Waals surface area contributed by atoms with Crippen molar-refractivity contribution >= 4 is 17.9 Å². The highest BCUT2D eigenvalue weighted by molar-refractivity contribution is 5.70. The normalized spacial score (nSPS) is 12.8. The number of unbranched alkanes of at least 4 members (excludes halogenated alkanes) is 42. The number of rotatable bonds is 61. The second-order valence-corrected chi connectivity index (χ2v) is 23.4. The topological polar surface area (TPSA) is 111 Å². The smallest absolute Gasteiger partial charge is 0.306 e. The molecule has 0 aromatic rings. The molecule has 9 nitrogen and oxygen atoms in total. The maximum absolute atomic E-state index is 12.9. The second-order valence-electron chi connectivity index (χ2n) is 23.4. The Morgan fingerprint density at radius 1 is 0.387 bits per heavy atom. The van der Waals surface area contributed by atoms with Crippen molar-refractivity contribution in [1.82, 2.24) is 0 Å². The zero-order valence-electron chi connectivity index (χ0n) is 50.4. The minimum absolute atomic E-state index is 0.149. The fourth-order valence-electron chi connectivity index (χ4n) is 9.65. The summed E-state index contributed by atoms with van der Waals surface area (Å²) in [6.45, 7) is 4.76. The number of carbonyl (C=O) groups is 3. The van der Waals surface area contributed by atoms with Crippen molar-refractivity contribution in [1.29, 1.82) is 0 Å². The second kappa shape index (κ2) is 57.9. The summed E-state index contributed by atoms with van der Waals surface area (Å²) in [4.78, 5) is 37.2. The number of hydrogen-bond donors (Lipinski definition) is 0. The number of nitrogens with zero attached hydrogens (tertiary/aromatic N) is 1. The molecule has 0 saturated carbocycles. The Morgan fingerprint density at radius 2 is 0.680 bits per heavy atom. The summed E-state index contributed by atoms with van der Waals surface area (Å²) in [5.74, 6) is -2.27. The molecule has 0 aliphatic heterocycles. The summed E-state index contributed by atoms with van der Waals surface area (Å²) in [5, 5.41) is 11.8. The summed E-state index contributed by atoms with van der Waals surface area (Å²) in [6, 6.07) is 0. The Balaban J connectivity index is 3.94. The van der Waals surface area contributed by atoms with Crippen LogP contribution < -0.4 is 5.11 Å². The summed E-state index contributed by atoms with van der Waals surface area (Å²) < 4.78 is 22.7. The average Bonchev–Trinajstić information content (AvgIpc) is 3.38. The lowest BCUT2D eigenvalue weighted by atomic mass is 10.0. The standard InChI is InChI=1S/C66H125NO8/c1-6-8-10-12-14-16-18-20-21-22-23-24-25-26-27-28-29-30-31-32-33-34-35-36-37-38-39-40-41-42-43-45-47-49-51-53-55-57-64(69)75-62(61-74-66(65(70)71)72-59-58-67(3,4)5)60-73-63(68)56-54-52-50-48-46-44-19-17-15-13-11-9-7-2/h17,19,22-23,62,66H,6-16,18,20-21,24-61H2,1-5H3/b19-17-,23-22-. The van der Waals surface area contributed by atoms with Crippen molar-refractivity contribution in [2.75, 3.05) is 47.5 Å². The lowest BCUT2D eigenvalue weighted by molar-refractivity contribution is -0.870. The monoisotopic (exact) mass is 1060 g/mol. The van der Waals surface area contributed by atoms with Gasteiger partial charge in [0.05, 0.1) is 40.3 Å². The quantitative estimate of drug-likeness (QED) is 0.0195. The van der Waals surface area contributed by atoms with E-state index in [0.29, 0.717) is 11.0 Å². The Bertz CT molecular complexity index is 1280. The van der Waals surface area contributed by atoms with Gasteiger partial charge in [-0.05, 0) is 64.2 Å². The predicted octanol–water partition coefficient (Wildman–Crippen LogP) is 18.1. The fourth-order valence-corrected chi connectivity index (χ4v) is 9.65. The van der Waals surface area contributed by atoms with Crippen LogP contribution >= 0.6 is 0 Å². The number of carbonyl (C=O) groups excluding carboxylic acids is 3. The van der Waals surface area contributed by atoms with Crippen molar-refractivity contribution in [3.8, 4) is 0 Å². The molecule has 0 aromatic heterocycles. The van der Waals surface area contributed by atoms with E-state index in [4.69, 9.17) is 18.9 Å². The molecule has 0 aromatic carbocycles.